The third-order valence-electron chi connectivity index (χ3n) is 13.7. The summed E-state index contributed by atoms with van der Waals surface area (Å²) < 4.78 is 2.36. The summed E-state index contributed by atoms with van der Waals surface area (Å²) in [5.74, 6) is 3.49. The summed E-state index contributed by atoms with van der Waals surface area (Å²) in [6.07, 6.45) is 0. The number of aromatic nitrogens is 7. The van der Waals surface area contributed by atoms with Crippen LogP contribution in [0.4, 0.5) is 0 Å². The van der Waals surface area contributed by atoms with Gasteiger partial charge in [0.1, 0.15) is 0 Å². The van der Waals surface area contributed by atoms with Gasteiger partial charge in [-0.1, -0.05) is 186 Å². The van der Waals surface area contributed by atoms with Crippen LogP contribution in [0.3, 0.4) is 0 Å². The predicted molar refractivity (Wildman–Crippen MR) is 300 cm³/mol. The maximum absolute atomic E-state index is 5.61. The van der Waals surface area contributed by atoms with E-state index in [1.54, 1.807) is 0 Å². The van der Waals surface area contributed by atoms with Gasteiger partial charge >= 0.3 is 0 Å². The molecule has 3 aromatic heterocycles. The van der Waals surface area contributed by atoms with Crippen molar-refractivity contribution in [3.63, 3.8) is 0 Å². The summed E-state index contributed by atoms with van der Waals surface area (Å²) in [4.78, 5) is 32.2. The molecule has 360 valence electrons. The molecule has 0 saturated carbocycles. The van der Waals surface area contributed by atoms with Crippen LogP contribution in [0.2, 0.25) is 0 Å². The van der Waals surface area contributed by atoms with Gasteiger partial charge < -0.3 is 4.57 Å². The minimum atomic E-state index is -0.129. The molecule has 3 heterocycles. The maximum atomic E-state index is 5.61. The fraction of sp³-hybridized carbons (Fsp3) is 0.262. The number of benzene rings is 7. The molecule has 0 unspecified atom stereocenters. The van der Waals surface area contributed by atoms with Crippen molar-refractivity contribution in [1.82, 2.24) is 34.5 Å². The molecule has 0 bridgehead atoms. The van der Waals surface area contributed by atoms with E-state index in [9.17, 15) is 0 Å². The van der Waals surface area contributed by atoms with Crippen molar-refractivity contribution in [2.75, 3.05) is 0 Å². The lowest BCUT2D eigenvalue weighted by Gasteiger charge is -2.26. The summed E-state index contributed by atoms with van der Waals surface area (Å²) in [5, 5.41) is 2.35. The molecule has 7 aromatic carbocycles. The van der Waals surface area contributed by atoms with Crippen LogP contribution in [0, 0.1) is 6.92 Å². The summed E-state index contributed by atoms with van der Waals surface area (Å²) >= 11 is 0. The molecule has 0 amide bonds. The van der Waals surface area contributed by atoms with Crippen LogP contribution in [0.15, 0.2) is 158 Å². The van der Waals surface area contributed by atoms with Crippen LogP contribution in [0.25, 0.3) is 95.8 Å². The lowest BCUT2D eigenvalue weighted by molar-refractivity contribution is 0.568. The van der Waals surface area contributed by atoms with E-state index in [1.165, 1.54) is 38.6 Å². The van der Waals surface area contributed by atoms with E-state index in [2.05, 4.69) is 192 Å². The largest absolute Gasteiger partial charge is 0.309 e. The quantitative estimate of drug-likeness (QED) is 0.158. The van der Waals surface area contributed by atoms with Crippen molar-refractivity contribution < 1.29 is 0 Å². The molecule has 10 rings (SSSR count). The number of hydrogen-bond donors (Lipinski definition) is 0. The van der Waals surface area contributed by atoms with E-state index in [0.29, 0.717) is 34.9 Å². The van der Waals surface area contributed by atoms with E-state index in [1.807, 2.05) is 60.7 Å². The fourth-order valence-electron chi connectivity index (χ4n) is 9.33. The second-order valence-corrected chi connectivity index (χ2v) is 23.5. The Balaban J connectivity index is 1.33. The van der Waals surface area contributed by atoms with E-state index in [0.717, 1.165) is 50.1 Å². The van der Waals surface area contributed by atoms with Gasteiger partial charge in [-0.05, 0) is 112 Å². The molecule has 0 aliphatic carbocycles. The zero-order valence-corrected chi connectivity index (χ0v) is 44.1. The topological polar surface area (TPSA) is 82.3 Å². The van der Waals surface area contributed by atoms with Gasteiger partial charge in [-0.25, -0.2) is 29.9 Å². The highest BCUT2D eigenvalue weighted by Crippen LogP contribution is 2.41. The van der Waals surface area contributed by atoms with E-state index in [-0.39, 0.29) is 21.7 Å². The van der Waals surface area contributed by atoms with Crippen LogP contribution in [-0.2, 0) is 21.7 Å². The van der Waals surface area contributed by atoms with Gasteiger partial charge in [0.2, 0.25) is 0 Å². The molecule has 7 nitrogen and oxygen atoms in total. The normalized spacial score (nSPS) is 12.5. The zero-order valence-electron chi connectivity index (χ0n) is 44.1. The van der Waals surface area contributed by atoms with Gasteiger partial charge in [0.25, 0.3) is 0 Å². The fourth-order valence-corrected chi connectivity index (χ4v) is 9.33. The second-order valence-electron chi connectivity index (χ2n) is 23.5. The molecule has 0 aliphatic rings. The maximum Gasteiger partial charge on any atom is 0.166 e. The number of rotatable bonds is 7. The van der Waals surface area contributed by atoms with Crippen molar-refractivity contribution in [1.29, 1.82) is 0 Å². The van der Waals surface area contributed by atoms with Crippen molar-refractivity contribution in [2.24, 2.45) is 0 Å². The number of fused-ring (bicyclic) bond motifs is 3. The van der Waals surface area contributed by atoms with Crippen LogP contribution < -0.4 is 0 Å². The molecule has 10 aromatic rings. The number of hydrogen-bond acceptors (Lipinski definition) is 6. The first-order valence-corrected chi connectivity index (χ1v) is 25.2. The first-order chi connectivity index (χ1) is 34.1. The summed E-state index contributed by atoms with van der Waals surface area (Å²) in [7, 11) is 0. The minimum Gasteiger partial charge on any atom is -0.309 e. The molecule has 72 heavy (non-hydrogen) atoms. The number of aryl methyl sites for hydroxylation is 1. The standard InChI is InChI=1S/C65H65N7/c1-40-28-30-54-51(32-40)50-26-20-21-27-53(50)72(54)55-31-29-43(58-67-56(41-22-16-14-17-23-41)66-57(68-58)42-24-18-15-19-25-42)37-52(55)61-70-59(44-33-46(62(2,3)4)38-47(34-44)63(5,6)7)69-60(71-61)45-35-48(64(8,9)10)39-49(36-45)65(11,12)13/h14-39H,1-13H3. The summed E-state index contributed by atoms with van der Waals surface area (Å²) in [6, 6.07) is 55.9. The highest BCUT2D eigenvalue weighted by molar-refractivity contribution is 6.10. The predicted octanol–water partition coefficient (Wildman–Crippen LogP) is 16.7. The molecule has 0 atom stereocenters. The van der Waals surface area contributed by atoms with Crippen molar-refractivity contribution in [3.8, 4) is 74.0 Å². The van der Waals surface area contributed by atoms with Crippen LogP contribution >= 0.6 is 0 Å². The second kappa shape index (κ2) is 17.9. The molecular weight excluding hydrogens is 879 g/mol. The Hall–Kier alpha value is -7.64. The smallest absolute Gasteiger partial charge is 0.166 e. The van der Waals surface area contributed by atoms with Gasteiger partial charge in [-0.2, -0.15) is 0 Å². The highest BCUT2D eigenvalue weighted by atomic mass is 15.1. The van der Waals surface area contributed by atoms with Gasteiger partial charge in [0.15, 0.2) is 34.9 Å². The minimum absolute atomic E-state index is 0.129. The first kappa shape index (κ1) is 48.0. The Morgan fingerprint density at radius 2 is 0.694 bits per heavy atom. The number of nitrogens with zero attached hydrogens (tertiary/aromatic N) is 7. The van der Waals surface area contributed by atoms with Crippen molar-refractivity contribution in [2.45, 2.75) is 112 Å². The first-order valence-electron chi connectivity index (χ1n) is 25.2. The van der Waals surface area contributed by atoms with E-state index < -0.39 is 0 Å². The average molecular weight is 944 g/mol. The Morgan fingerprint density at radius 1 is 0.306 bits per heavy atom. The monoisotopic (exact) mass is 944 g/mol. The Labute approximate surface area is 425 Å². The molecule has 0 aliphatic heterocycles. The summed E-state index contributed by atoms with van der Waals surface area (Å²) in [5.41, 5.74) is 14.0. The van der Waals surface area contributed by atoms with Crippen molar-refractivity contribution >= 4 is 21.8 Å². The molecule has 0 saturated heterocycles. The third-order valence-corrected chi connectivity index (χ3v) is 13.7. The van der Waals surface area contributed by atoms with Gasteiger partial charge in [0, 0.05) is 44.2 Å². The van der Waals surface area contributed by atoms with Crippen LogP contribution in [0.5, 0.6) is 0 Å². The zero-order chi connectivity index (χ0) is 50.9. The van der Waals surface area contributed by atoms with E-state index in [4.69, 9.17) is 29.9 Å². The number of para-hydroxylation sites is 1. The third kappa shape index (κ3) is 9.48. The summed E-state index contributed by atoms with van der Waals surface area (Å²) in [6.45, 7) is 29.4. The Kier molecular flexibility index (Phi) is 11.9. The lowest BCUT2D eigenvalue weighted by atomic mass is 9.79. The van der Waals surface area contributed by atoms with Crippen LogP contribution in [0.1, 0.15) is 111 Å². The molecule has 7 heteroatoms. The molecule has 0 spiro atoms. The van der Waals surface area contributed by atoms with E-state index >= 15 is 0 Å². The van der Waals surface area contributed by atoms with Gasteiger partial charge in [-0.15, -0.1) is 0 Å². The van der Waals surface area contributed by atoms with Crippen molar-refractivity contribution in [3.05, 3.63) is 186 Å². The molecule has 0 N–H and O–H groups in total. The molecule has 0 radical (unpaired) electrons. The average Bonchev–Trinajstić information content (AvgIpc) is 3.68. The molecule has 0 fully saturated rings. The Morgan fingerprint density at radius 3 is 1.15 bits per heavy atom. The Bertz CT molecular complexity index is 3450. The van der Waals surface area contributed by atoms with Gasteiger partial charge in [-0.3, -0.25) is 0 Å². The SMILES string of the molecule is Cc1ccc2c(c1)c1ccccc1n2-c1ccc(-c2nc(-c3ccccc3)nc(-c3ccccc3)n2)cc1-c1nc(-c2cc(C(C)(C)C)cc(C(C)(C)C)c2)nc(-c2cc(C(C)(C)C)cc(C(C)(C)C)c2)n1. The van der Waals surface area contributed by atoms with Gasteiger partial charge in [0.05, 0.1) is 16.7 Å². The highest BCUT2D eigenvalue weighted by Gasteiger charge is 2.27. The van der Waals surface area contributed by atoms with Crippen LogP contribution in [-0.4, -0.2) is 34.5 Å². The lowest BCUT2D eigenvalue weighted by Crippen LogP contribution is -2.17. The molecular formula is C65H65N7.